The van der Waals surface area contributed by atoms with Crippen molar-refractivity contribution in [1.29, 1.82) is 0 Å². The summed E-state index contributed by atoms with van der Waals surface area (Å²) in [6, 6.07) is 13.7. The molecule has 0 unspecified atom stereocenters. The topological polar surface area (TPSA) is 75.7 Å². The maximum atomic E-state index is 13.1. The Balaban J connectivity index is 1.70. The van der Waals surface area contributed by atoms with Crippen LogP contribution >= 0.6 is 0 Å². The van der Waals surface area contributed by atoms with Crippen LogP contribution in [0.2, 0.25) is 0 Å². The largest absolute Gasteiger partial charge is 0.379 e. The molecule has 1 N–H and O–H groups in total. The molecular formula is C21H26N2O4S. The van der Waals surface area contributed by atoms with E-state index in [1.54, 1.807) is 12.1 Å². The van der Waals surface area contributed by atoms with Gasteiger partial charge in [0.05, 0.1) is 16.7 Å². The smallest absolute Gasteiger partial charge is 0.264 e. The molecule has 1 amide bonds. The van der Waals surface area contributed by atoms with Crippen LogP contribution in [0.1, 0.15) is 36.2 Å². The van der Waals surface area contributed by atoms with Gasteiger partial charge in [0.1, 0.15) is 0 Å². The Morgan fingerprint density at radius 1 is 1.18 bits per heavy atom. The van der Waals surface area contributed by atoms with Crippen molar-refractivity contribution in [2.45, 2.75) is 37.7 Å². The summed E-state index contributed by atoms with van der Waals surface area (Å²) in [5.41, 5.74) is 2.06. The standard InChI is InChI=1S/C21H26N2O4S/c1-16(2)27-14-6-12-22-21(24)18-8-5-9-19(15-18)28(25,26)23-13-11-17-7-3-4-10-20(17)23/h3-5,7-10,15-16H,6,11-14H2,1-2H3,(H,22,24). The lowest BCUT2D eigenvalue weighted by Gasteiger charge is -2.20. The molecule has 1 aliphatic rings. The maximum absolute atomic E-state index is 13.1. The lowest BCUT2D eigenvalue weighted by molar-refractivity contribution is 0.0757. The number of nitrogens with zero attached hydrogens (tertiary/aromatic N) is 1. The molecule has 1 aliphatic heterocycles. The molecule has 7 heteroatoms. The minimum absolute atomic E-state index is 0.125. The molecule has 0 atom stereocenters. The van der Waals surface area contributed by atoms with E-state index in [0.29, 0.717) is 43.8 Å². The van der Waals surface area contributed by atoms with Gasteiger partial charge in [0, 0.05) is 25.3 Å². The Hall–Kier alpha value is -2.38. The van der Waals surface area contributed by atoms with Crippen molar-refractivity contribution in [3.63, 3.8) is 0 Å². The fourth-order valence-electron chi connectivity index (χ4n) is 3.18. The number of para-hydroxylation sites is 1. The van der Waals surface area contributed by atoms with Crippen LogP contribution in [0.3, 0.4) is 0 Å². The van der Waals surface area contributed by atoms with Gasteiger partial charge in [-0.05, 0) is 56.5 Å². The Kier molecular flexibility index (Phi) is 6.36. The van der Waals surface area contributed by atoms with Gasteiger partial charge < -0.3 is 10.1 Å². The number of hydrogen-bond donors (Lipinski definition) is 1. The number of anilines is 1. The molecule has 2 aromatic carbocycles. The summed E-state index contributed by atoms with van der Waals surface area (Å²) in [5.74, 6) is -0.289. The van der Waals surface area contributed by atoms with Crippen LogP contribution < -0.4 is 9.62 Å². The molecule has 0 saturated carbocycles. The quantitative estimate of drug-likeness (QED) is 0.689. The van der Waals surface area contributed by atoms with Crippen LogP contribution in [0.25, 0.3) is 0 Å². The van der Waals surface area contributed by atoms with E-state index in [2.05, 4.69) is 5.32 Å². The molecule has 2 aromatic rings. The molecule has 150 valence electrons. The highest BCUT2D eigenvalue weighted by molar-refractivity contribution is 7.92. The predicted octanol–water partition coefficient (Wildman–Crippen LogP) is 2.98. The molecule has 0 aliphatic carbocycles. The van der Waals surface area contributed by atoms with Crippen LogP contribution in [-0.2, 0) is 21.2 Å². The van der Waals surface area contributed by atoms with Crippen molar-refractivity contribution < 1.29 is 17.9 Å². The van der Waals surface area contributed by atoms with E-state index < -0.39 is 10.0 Å². The number of ether oxygens (including phenoxy) is 1. The van der Waals surface area contributed by atoms with E-state index in [-0.39, 0.29) is 16.9 Å². The average Bonchev–Trinajstić information content (AvgIpc) is 3.12. The van der Waals surface area contributed by atoms with Gasteiger partial charge in [-0.25, -0.2) is 8.42 Å². The molecule has 0 radical (unpaired) electrons. The van der Waals surface area contributed by atoms with Crippen molar-refractivity contribution in [2.75, 3.05) is 24.0 Å². The number of benzene rings is 2. The van der Waals surface area contributed by atoms with Crippen LogP contribution in [-0.4, -0.2) is 40.1 Å². The summed E-state index contributed by atoms with van der Waals surface area (Å²) in [7, 11) is -3.71. The summed E-state index contributed by atoms with van der Waals surface area (Å²) in [4.78, 5) is 12.5. The van der Waals surface area contributed by atoms with Gasteiger partial charge in [-0.3, -0.25) is 9.10 Å². The predicted molar refractivity (Wildman–Crippen MR) is 109 cm³/mol. The lowest BCUT2D eigenvalue weighted by atomic mass is 10.2. The fraction of sp³-hybridized carbons (Fsp3) is 0.381. The van der Waals surface area contributed by atoms with Gasteiger partial charge in [-0.1, -0.05) is 24.3 Å². The molecule has 0 bridgehead atoms. The van der Waals surface area contributed by atoms with Crippen molar-refractivity contribution in [1.82, 2.24) is 5.32 Å². The highest BCUT2D eigenvalue weighted by Crippen LogP contribution is 2.32. The number of sulfonamides is 1. The number of amides is 1. The van der Waals surface area contributed by atoms with E-state index in [0.717, 1.165) is 5.56 Å². The van der Waals surface area contributed by atoms with Gasteiger partial charge in [-0.2, -0.15) is 0 Å². The molecular weight excluding hydrogens is 376 g/mol. The third-order valence-electron chi connectivity index (χ3n) is 4.59. The molecule has 28 heavy (non-hydrogen) atoms. The summed E-state index contributed by atoms with van der Waals surface area (Å²) in [5, 5.41) is 2.81. The molecule has 0 spiro atoms. The lowest BCUT2D eigenvalue weighted by Crippen LogP contribution is -2.30. The Morgan fingerprint density at radius 2 is 1.96 bits per heavy atom. The minimum atomic E-state index is -3.71. The van der Waals surface area contributed by atoms with E-state index >= 15 is 0 Å². The van der Waals surface area contributed by atoms with E-state index in [4.69, 9.17) is 4.74 Å². The van der Waals surface area contributed by atoms with Gasteiger partial charge in [0.15, 0.2) is 0 Å². The Morgan fingerprint density at radius 3 is 2.75 bits per heavy atom. The summed E-state index contributed by atoms with van der Waals surface area (Å²) in [6.45, 7) is 5.38. The average molecular weight is 403 g/mol. The van der Waals surface area contributed by atoms with Gasteiger partial charge >= 0.3 is 0 Å². The summed E-state index contributed by atoms with van der Waals surface area (Å²) < 4.78 is 33.1. The van der Waals surface area contributed by atoms with Gasteiger partial charge in [-0.15, -0.1) is 0 Å². The highest BCUT2D eigenvalue weighted by atomic mass is 32.2. The van der Waals surface area contributed by atoms with Crippen LogP contribution in [0, 0.1) is 0 Å². The molecule has 0 fully saturated rings. The van der Waals surface area contributed by atoms with E-state index in [1.165, 1.54) is 16.4 Å². The van der Waals surface area contributed by atoms with Crippen LogP contribution in [0.4, 0.5) is 5.69 Å². The van der Waals surface area contributed by atoms with Crippen molar-refractivity contribution in [2.24, 2.45) is 0 Å². The molecule has 6 nitrogen and oxygen atoms in total. The monoisotopic (exact) mass is 402 g/mol. The minimum Gasteiger partial charge on any atom is -0.379 e. The zero-order chi connectivity index (χ0) is 20.1. The first-order chi connectivity index (χ1) is 13.4. The van der Waals surface area contributed by atoms with Crippen LogP contribution in [0.5, 0.6) is 0 Å². The zero-order valence-electron chi connectivity index (χ0n) is 16.2. The molecule has 0 aromatic heterocycles. The van der Waals surface area contributed by atoms with Gasteiger partial charge in [0.25, 0.3) is 15.9 Å². The van der Waals surface area contributed by atoms with Crippen molar-refractivity contribution in [3.05, 3.63) is 59.7 Å². The number of carbonyl (C=O) groups excluding carboxylic acids is 1. The third-order valence-corrected chi connectivity index (χ3v) is 6.40. The number of nitrogens with one attached hydrogen (secondary N) is 1. The number of rotatable bonds is 8. The second-order valence-electron chi connectivity index (χ2n) is 7.01. The number of hydrogen-bond acceptors (Lipinski definition) is 4. The van der Waals surface area contributed by atoms with Crippen molar-refractivity contribution in [3.8, 4) is 0 Å². The Bertz CT molecular complexity index is 941. The highest BCUT2D eigenvalue weighted by Gasteiger charge is 2.30. The first-order valence-electron chi connectivity index (χ1n) is 9.50. The molecule has 0 saturated heterocycles. The second-order valence-corrected chi connectivity index (χ2v) is 8.88. The van der Waals surface area contributed by atoms with E-state index in [9.17, 15) is 13.2 Å². The molecule has 1 heterocycles. The first-order valence-corrected chi connectivity index (χ1v) is 10.9. The fourth-order valence-corrected chi connectivity index (χ4v) is 4.73. The number of fused-ring (bicyclic) bond motifs is 1. The molecule has 3 rings (SSSR count). The number of carbonyl (C=O) groups is 1. The SMILES string of the molecule is CC(C)OCCCNC(=O)c1cccc(S(=O)(=O)N2CCc3ccccc32)c1. The Labute approximate surface area is 166 Å². The summed E-state index contributed by atoms with van der Waals surface area (Å²) in [6.07, 6.45) is 1.55. The maximum Gasteiger partial charge on any atom is 0.264 e. The summed E-state index contributed by atoms with van der Waals surface area (Å²) >= 11 is 0. The zero-order valence-corrected chi connectivity index (χ0v) is 17.0. The van der Waals surface area contributed by atoms with Gasteiger partial charge in [0.2, 0.25) is 0 Å². The van der Waals surface area contributed by atoms with Crippen molar-refractivity contribution >= 4 is 21.6 Å². The normalized spacial score (nSPS) is 13.6. The first kappa shape index (κ1) is 20.4. The van der Waals surface area contributed by atoms with E-state index in [1.807, 2.05) is 38.1 Å². The second kappa shape index (κ2) is 8.75. The van der Waals surface area contributed by atoms with Crippen LogP contribution in [0.15, 0.2) is 53.4 Å². The third kappa shape index (κ3) is 4.54.